The van der Waals surface area contributed by atoms with Gasteiger partial charge in [-0.1, -0.05) is 85.8 Å². The van der Waals surface area contributed by atoms with E-state index in [1.165, 1.54) is 13.0 Å². The van der Waals surface area contributed by atoms with Crippen molar-refractivity contribution in [2.45, 2.75) is 71.3 Å². The smallest absolute Gasteiger partial charge is 0.372 e. The van der Waals surface area contributed by atoms with E-state index < -0.39 is 29.2 Å². The number of aryl methyl sites for hydroxylation is 1. The van der Waals surface area contributed by atoms with E-state index in [0.29, 0.717) is 46.8 Å². The van der Waals surface area contributed by atoms with Gasteiger partial charge in [-0.15, -0.1) is 0 Å². The van der Waals surface area contributed by atoms with E-state index in [9.17, 15) is 29.7 Å². The summed E-state index contributed by atoms with van der Waals surface area (Å²) in [4.78, 5) is 38.4. The first-order valence-electron chi connectivity index (χ1n) is 15.7. The number of aliphatic hydroxyl groups is 1. The SMILES string of the molecule is CCCc1c(OCCCC/C=C\C=C\[C@@H](c2c(C(=O)O)oc3c(c2=O)=CCC(=S)C=3)[C@@H](O)c2cccc(C)c2)ccc(C(C)=O)c1O. The van der Waals surface area contributed by atoms with Crippen LogP contribution in [0.4, 0.5) is 0 Å². The largest absolute Gasteiger partial charge is 0.507 e. The number of carbonyl (C=O) groups excluding carboxylic acids is 1. The van der Waals surface area contributed by atoms with Crippen LogP contribution in [0.5, 0.6) is 11.5 Å². The minimum absolute atomic E-state index is 0.0124. The fourth-order valence-electron chi connectivity index (χ4n) is 5.60. The molecule has 0 radical (unpaired) electrons. The summed E-state index contributed by atoms with van der Waals surface area (Å²) in [7, 11) is 0. The number of hydrogen-bond acceptors (Lipinski definition) is 8. The second kappa shape index (κ2) is 16.3. The molecule has 1 aliphatic carbocycles. The number of ketones is 1. The molecule has 1 aliphatic rings. The van der Waals surface area contributed by atoms with E-state index in [4.69, 9.17) is 21.4 Å². The van der Waals surface area contributed by atoms with Gasteiger partial charge >= 0.3 is 5.97 Å². The number of ether oxygens (including phenoxy) is 1. The lowest BCUT2D eigenvalue weighted by Gasteiger charge is -2.22. The molecule has 0 aliphatic heterocycles. The lowest BCUT2D eigenvalue weighted by atomic mass is 9.86. The fourth-order valence-corrected chi connectivity index (χ4v) is 5.79. The highest BCUT2D eigenvalue weighted by Crippen LogP contribution is 2.34. The predicted molar refractivity (Wildman–Crippen MR) is 186 cm³/mol. The van der Waals surface area contributed by atoms with Crippen molar-refractivity contribution < 1.29 is 34.1 Å². The van der Waals surface area contributed by atoms with Gasteiger partial charge in [0, 0.05) is 22.8 Å². The minimum atomic E-state index is -1.41. The number of hydrogen-bond donors (Lipinski definition) is 3. The highest BCUT2D eigenvalue weighted by Gasteiger charge is 2.31. The fraction of sp³-hybridized carbons (Fsp3) is 0.316. The van der Waals surface area contributed by atoms with Gasteiger partial charge in [0.05, 0.1) is 29.1 Å². The summed E-state index contributed by atoms with van der Waals surface area (Å²) >= 11 is 5.22. The van der Waals surface area contributed by atoms with E-state index in [1.54, 1.807) is 54.6 Å². The monoisotopic (exact) mass is 656 g/mol. The van der Waals surface area contributed by atoms with E-state index in [0.717, 1.165) is 31.2 Å². The van der Waals surface area contributed by atoms with Crippen LogP contribution in [-0.4, -0.2) is 38.5 Å². The van der Waals surface area contributed by atoms with E-state index in [2.05, 4.69) is 0 Å². The van der Waals surface area contributed by atoms with E-state index in [-0.39, 0.29) is 27.7 Å². The van der Waals surface area contributed by atoms with Gasteiger partial charge in [-0.25, -0.2) is 4.79 Å². The molecule has 3 aromatic rings. The number of aliphatic hydroxyl groups excluding tert-OH is 1. The van der Waals surface area contributed by atoms with Gasteiger partial charge in [0.1, 0.15) is 16.9 Å². The van der Waals surface area contributed by atoms with Crippen LogP contribution in [0.3, 0.4) is 0 Å². The number of thiocarbonyl (C=S) groups is 1. The minimum Gasteiger partial charge on any atom is -0.507 e. The van der Waals surface area contributed by atoms with Crippen molar-refractivity contribution >= 4 is 41.0 Å². The number of aromatic carboxylic acids is 1. The van der Waals surface area contributed by atoms with Crippen LogP contribution in [0.1, 0.15) is 101 Å². The maximum absolute atomic E-state index is 13.7. The number of carbonyl (C=O) groups is 2. The second-order valence-corrected chi connectivity index (χ2v) is 12.1. The number of allylic oxidation sites excluding steroid dienone is 3. The number of phenols is 1. The van der Waals surface area contributed by atoms with Crippen LogP contribution >= 0.6 is 12.2 Å². The highest BCUT2D eigenvalue weighted by atomic mass is 32.1. The van der Waals surface area contributed by atoms with Gasteiger partial charge in [0.2, 0.25) is 5.76 Å². The Balaban J connectivity index is 1.49. The maximum atomic E-state index is 13.7. The topological polar surface area (TPSA) is 134 Å². The first-order chi connectivity index (χ1) is 22.5. The van der Waals surface area contributed by atoms with E-state index in [1.807, 2.05) is 26.0 Å². The number of aromatic hydroxyl groups is 1. The number of fused-ring (bicyclic) bond motifs is 1. The molecule has 0 amide bonds. The molecule has 47 heavy (non-hydrogen) atoms. The Kier molecular flexibility index (Phi) is 12.2. The molecule has 0 fully saturated rings. The van der Waals surface area contributed by atoms with Crippen molar-refractivity contribution in [1.82, 2.24) is 0 Å². The first kappa shape index (κ1) is 35.3. The molecule has 1 aromatic heterocycles. The van der Waals surface area contributed by atoms with Crippen molar-refractivity contribution in [3.63, 3.8) is 0 Å². The quantitative estimate of drug-likeness (QED) is 0.0777. The molecule has 0 unspecified atom stereocenters. The Labute approximate surface area is 279 Å². The first-order valence-corrected chi connectivity index (χ1v) is 16.2. The molecular weight excluding hydrogens is 616 g/mol. The summed E-state index contributed by atoms with van der Waals surface area (Å²) in [6.45, 7) is 5.74. The summed E-state index contributed by atoms with van der Waals surface area (Å²) in [5.41, 5.74) is 1.85. The van der Waals surface area contributed by atoms with Crippen LogP contribution in [0.2, 0.25) is 0 Å². The zero-order valence-electron chi connectivity index (χ0n) is 26.8. The number of rotatable bonds is 15. The highest BCUT2D eigenvalue weighted by molar-refractivity contribution is 7.81. The van der Waals surface area contributed by atoms with Crippen molar-refractivity contribution in [1.29, 1.82) is 0 Å². The van der Waals surface area contributed by atoms with E-state index >= 15 is 0 Å². The number of Topliss-reactive ketones (excluding diaryl/α,β-unsaturated/α-hetero) is 1. The molecule has 0 saturated carbocycles. The van der Waals surface area contributed by atoms with Crippen molar-refractivity contribution in [3.8, 4) is 11.5 Å². The standard InChI is InChI=1S/C38H40O8S/c1-4-12-28-31(19-18-27(24(3)39)35(28)41)45-20-10-8-6-5-7-9-15-30(34(40)25-14-11-13-23(2)21-25)33-36(42)29-17-16-26(47)22-32(29)46-37(33)38(43)44/h5,7,9,11,13-15,17-19,21-22,30,34,40-41H,4,6,8,10,12,16,20H2,1-3H3,(H,43,44)/b7-5-,15-9+/t30-,34-/m0/s1. The molecule has 2 aromatic carbocycles. The Bertz CT molecular complexity index is 1900. The molecular formula is C38H40O8S. The third-order valence-electron chi connectivity index (χ3n) is 7.97. The lowest BCUT2D eigenvalue weighted by molar-refractivity contribution is 0.0650. The normalized spacial score (nSPS) is 14.0. The third kappa shape index (κ3) is 8.61. The number of carboxylic acid groups (broad SMARTS) is 1. The molecule has 4 rings (SSSR count). The number of carboxylic acids is 1. The second-order valence-electron chi connectivity index (χ2n) is 11.6. The van der Waals surface area contributed by atoms with Crippen molar-refractivity contribution in [3.05, 3.63) is 115 Å². The molecule has 9 heteroatoms. The van der Waals surface area contributed by atoms with Gasteiger partial charge in [-0.05, 0) is 63.3 Å². The average molecular weight is 657 g/mol. The zero-order valence-corrected chi connectivity index (χ0v) is 27.6. The van der Waals surface area contributed by atoms with Gasteiger partial charge in [-0.2, -0.15) is 0 Å². The molecule has 3 N–H and O–H groups in total. The Hall–Kier alpha value is -4.60. The summed E-state index contributed by atoms with van der Waals surface area (Å²) in [5, 5.41) is 32.3. The van der Waals surface area contributed by atoms with Gasteiger partial charge in [0.25, 0.3) is 0 Å². The summed E-state index contributed by atoms with van der Waals surface area (Å²) < 4.78 is 11.7. The average Bonchev–Trinajstić information content (AvgIpc) is 3.03. The molecule has 0 spiro atoms. The van der Waals surface area contributed by atoms with Crippen LogP contribution in [0.25, 0.3) is 12.2 Å². The van der Waals surface area contributed by atoms with Gasteiger partial charge < -0.3 is 24.5 Å². The predicted octanol–water partition coefficient (Wildman–Crippen LogP) is 6.02. The maximum Gasteiger partial charge on any atom is 0.372 e. The Morgan fingerprint density at radius 2 is 1.94 bits per heavy atom. The number of phenolic OH excluding ortho intramolecular Hbond substituents is 1. The van der Waals surface area contributed by atoms with Crippen LogP contribution < -0.4 is 20.8 Å². The summed E-state index contributed by atoms with van der Waals surface area (Å²) in [5.74, 6) is -2.57. The molecule has 1 heterocycles. The molecule has 0 bridgehead atoms. The molecule has 8 nitrogen and oxygen atoms in total. The van der Waals surface area contributed by atoms with Crippen molar-refractivity contribution in [2.75, 3.05) is 6.61 Å². The third-order valence-corrected chi connectivity index (χ3v) is 8.25. The van der Waals surface area contributed by atoms with Crippen LogP contribution in [0, 0.1) is 6.92 Å². The van der Waals surface area contributed by atoms with Crippen molar-refractivity contribution in [2.24, 2.45) is 0 Å². The molecule has 246 valence electrons. The molecule has 0 saturated heterocycles. The summed E-state index contributed by atoms with van der Waals surface area (Å²) in [6.07, 6.45) is 13.0. The lowest BCUT2D eigenvalue weighted by Crippen LogP contribution is -2.45. The summed E-state index contributed by atoms with van der Waals surface area (Å²) in [6, 6.07) is 10.5. The Morgan fingerprint density at radius 3 is 2.64 bits per heavy atom. The molecule has 2 atom stereocenters. The van der Waals surface area contributed by atoms with Crippen LogP contribution in [-0.2, 0) is 6.42 Å². The Morgan fingerprint density at radius 1 is 1.15 bits per heavy atom. The van der Waals surface area contributed by atoms with Gasteiger partial charge in [-0.3, -0.25) is 9.59 Å². The number of benzene rings is 2. The number of unbranched alkanes of at least 4 members (excludes halogenated alkanes) is 2. The zero-order chi connectivity index (χ0) is 34.1. The van der Waals surface area contributed by atoms with Crippen LogP contribution in [0.15, 0.2) is 69.9 Å². The van der Waals surface area contributed by atoms with Gasteiger partial charge in [0.15, 0.2) is 11.2 Å².